The summed E-state index contributed by atoms with van der Waals surface area (Å²) in [7, 11) is 0. The van der Waals surface area contributed by atoms with Gasteiger partial charge in [0.1, 0.15) is 0 Å². The van der Waals surface area contributed by atoms with Crippen LogP contribution in [0.5, 0.6) is 0 Å². The molecular weight excluding hydrogens is 196 g/mol. The van der Waals surface area contributed by atoms with E-state index >= 15 is 0 Å². The molecule has 0 saturated heterocycles. The second-order valence-corrected chi connectivity index (χ2v) is 3.95. The third-order valence-corrected chi connectivity index (χ3v) is 2.83. The monoisotopic (exact) mass is 208 g/mol. The SMILES string of the molecule is C[C@@H](CCl)Cn1ncc2ccccc21. The Hall–Kier alpha value is -1.02. The predicted octanol–water partition coefficient (Wildman–Crippen LogP) is 2.91. The standard InChI is InChI=1S/C11H13ClN2/c1-9(6-12)8-14-11-5-3-2-4-10(11)7-13-14/h2-5,7,9H,6,8H2,1H3/t9-/m0/s1. The molecule has 0 radical (unpaired) electrons. The van der Waals surface area contributed by atoms with Crippen LogP contribution in [-0.4, -0.2) is 15.7 Å². The first-order valence-electron chi connectivity index (χ1n) is 4.78. The minimum atomic E-state index is 0.458. The topological polar surface area (TPSA) is 17.8 Å². The highest BCUT2D eigenvalue weighted by Crippen LogP contribution is 2.14. The second-order valence-electron chi connectivity index (χ2n) is 3.64. The summed E-state index contributed by atoms with van der Waals surface area (Å²) < 4.78 is 2.02. The molecule has 2 rings (SSSR count). The van der Waals surface area contributed by atoms with Crippen LogP contribution in [0.15, 0.2) is 30.5 Å². The Balaban J connectivity index is 2.33. The number of alkyl halides is 1. The largest absolute Gasteiger partial charge is 0.265 e. The zero-order chi connectivity index (χ0) is 9.97. The van der Waals surface area contributed by atoms with E-state index in [4.69, 9.17) is 11.6 Å². The molecule has 1 aromatic heterocycles. The maximum absolute atomic E-state index is 5.78. The minimum Gasteiger partial charge on any atom is -0.265 e. The summed E-state index contributed by atoms with van der Waals surface area (Å²) in [5.41, 5.74) is 1.18. The molecular formula is C11H13ClN2. The summed E-state index contributed by atoms with van der Waals surface area (Å²) in [6.45, 7) is 3.01. The molecule has 0 unspecified atom stereocenters. The van der Waals surface area contributed by atoms with E-state index in [1.165, 1.54) is 10.9 Å². The van der Waals surface area contributed by atoms with Crippen LogP contribution in [0, 0.1) is 5.92 Å². The van der Waals surface area contributed by atoms with E-state index in [0.29, 0.717) is 11.8 Å². The molecule has 0 aliphatic heterocycles. The molecule has 74 valence electrons. The maximum atomic E-state index is 5.78. The van der Waals surface area contributed by atoms with Crippen LogP contribution in [0.3, 0.4) is 0 Å². The third kappa shape index (κ3) is 1.75. The zero-order valence-corrected chi connectivity index (χ0v) is 8.91. The molecule has 0 bridgehead atoms. The Bertz CT molecular complexity index is 422. The van der Waals surface area contributed by atoms with Gasteiger partial charge >= 0.3 is 0 Å². The van der Waals surface area contributed by atoms with Crippen LogP contribution in [0.1, 0.15) is 6.92 Å². The number of rotatable bonds is 3. The highest BCUT2D eigenvalue weighted by Gasteiger charge is 2.05. The third-order valence-electron chi connectivity index (χ3n) is 2.30. The fourth-order valence-corrected chi connectivity index (χ4v) is 1.61. The summed E-state index contributed by atoms with van der Waals surface area (Å²) in [5, 5.41) is 5.53. The number of benzene rings is 1. The van der Waals surface area contributed by atoms with Crippen molar-refractivity contribution in [3.05, 3.63) is 30.5 Å². The summed E-state index contributed by atoms with van der Waals surface area (Å²) in [5.74, 6) is 1.13. The molecule has 3 heteroatoms. The Morgan fingerprint density at radius 1 is 1.43 bits per heavy atom. The normalized spacial score (nSPS) is 13.3. The number of halogens is 1. The van der Waals surface area contributed by atoms with Crippen LogP contribution in [0.4, 0.5) is 0 Å². The van der Waals surface area contributed by atoms with Crippen molar-refractivity contribution in [2.24, 2.45) is 5.92 Å². The average Bonchev–Trinajstić information content (AvgIpc) is 2.62. The van der Waals surface area contributed by atoms with Gasteiger partial charge in [0.2, 0.25) is 0 Å². The van der Waals surface area contributed by atoms with Gasteiger partial charge in [0, 0.05) is 17.8 Å². The molecule has 1 aromatic carbocycles. The van der Waals surface area contributed by atoms with Crippen molar-refractivity contribution in [1.82, 2.24) is 9.78 Å². The van der Waals surface area contributed by atoms with Gasteiger partial charge in [-0.2, -0.15) is 5.10 Å². The molecule has 0 spiro atoms. The number of aromatic nitrogens is 2. The molecule has 1 heterocycles. The number of hydrogen-bond acceptors (Lipinski definition) is 1. The Morgan fingerprint density at radius 2 is 2.21 bits per heavy atom. The summed E-state index contributed by atoms with van der Waals surface area (Å²) in [4.78, 5) is 0. The van der Waals surface area contributed by atoms with E-state index in [9.17, 15) is 0 Å². The zero-order valence-electron chi connectivity index (χ0n) is 8.15. The molecule has 0 amide bonds. The molecule has 0 aliphatic carbocycles. The van der Waals surface area contributed by atoms with E-state index in [1.807, 2.05) is 23.0 Å². The molecule has 14 heavy (non-hydrogen) atoms. The van der Waals surface area contributed by atoms with Crippen LogP contribution in [0.2, 0.25) is 0 Å². The Kier molecular flexibility index (Phi) is 2.73. The number of nitrogens with zero attached hydrogens (tertiary/aromatic N) is 2. The van der Waals surface area contributed by atoms with Gasteiger partial charge in [0.05, 0.1) is 11.7 Å². The molecule has 2 nitrogen and oxygen atoms in total. The lowest BCUT2D eigenvalue weighted by atomic mass is 10.2. The van der Waals surface area contributed by atoms with Gasteiger partial charge in [0.15, 0.2) is 0 Å². The minimum absolute atomic E-state index is 0.458. The molecule has 1 atom stereocenters. The first-order chi connectivity index (χ1) is 6.81. The highest BCUT2D eigenvalue weighted by atomic mass is 35.5. The molecule has 0 saturated carbocycles. The lowest BCUT2D eigenvalue weighted by molar-refractivity contribution is 0.499. The summed E-state index contributed by atoms with van der Waals surface area (Å²) >= 11 is 5.78. The van der Waals surface area contributed by atoms with Gasteiger partial charge in [-0.3, -0.25) is 4.68 Å². The van der Waals surface area contributed by atoms with Crippen LogP contribution in [0.25, 0.3) is 10.9 Å². The van der Waals surface area contributed by atoms with Crippen molar-refractivity contribution < 1.29 is 0 Å². The quantitative estimate of drug-likeness (QED) is 0.710. The van der Waals surface area contributed by atoms with E-state index in [1.54, 1.807) is 0 Å². The second kappa shape index (κ2) is 4.01. The van der Waals surface area contributed by atoms with Crippen molar-refractivity contribution in [3.8, 4) is 0 Å². The van der Waals surface area contributed by atoms with Crippen molar-refractivity contribution >= 4 is 22.5 Å². The lowest BCUT2D eigenvalue weighted by Gasteiger charge is -2.08. The van der Waals surface area contributed by atoms with Gasteiger partial charge in [-0.25, -0.2) is 0 Å². The van der Waals surface area contributed by atoms with Crippen LogP contribution in [-0.2, 0) is 6.54 Å². The summed E-state index contributed by atoms with van der Waals surface area (Å²) in [6.07, 6.45) is 1.90. The Morgan fingerprint density at radius 3 is 3.00 bits per heavy atom. The molecule has 0 aliphatic rings. The van der Waals surface area contributed by atoms with Crippen molar-refractivity contribution in [2.45, 2.75) is 13.5 Å². The van der Waals surface area contributed by atoms with Gasteiger partial charge in [-0.1, -0.05) is 25.1 Å². The number of hydrogen-bond donors (Lipinski definition) is 0. The number of fused-ring (bicyclic) bond motifs is 1. The van der Waals surface area contributed by atoms with Gasteiger partial charge in [-0.05, 0) is 12.0 Å². The van der Waals surface area contributed by atoms with Crippen molar-refractivity contribution in [1.29, 1.82) is 0 Å². The fraction of sp³-hybridized carbons (Fsp3) is 0.364. The fourth-order valence-electron chi connectivity index (χ4n) is 1.52. The number of para-hydroxylation sites is 1. The first kappa shape index (κ1) is 9.53. The van der Waals surface area contributed by atoms with E-state index in [2.05, 4.69) is 24.2 Å². The van der Waals surface area contributed by atoms with Gasteiger partial charge < -0.3 is 0 Å². The van der Waals surface area contributed by atoms with Gasteiger partial charge in [0.25, 0.3) is 0 Å². The average molecular weight is 209 g/mol. The molecule has 0 N–H and O–H groups in total. The van der Waals surface area contributed by atoms with Crippen LogP contribution < -0.4 is 0 Å². The Labute approximate surface area is 88.5 Å². The highest BCUT2D eigenvalue weighted by molar-refractivity contribution is 6.18. The van der Waals surface area contributed by atoms with Crippen LogP contribution >= 0.6 is 11.6 Å². The summed E-state index contributed by atoms with van der Waals surface area (Å²) in [6, 6.07) is 8.22. The molecule has 2 aromatic rings. The van der Waals surface area contributed by atoms with E-state index < -0.39 is 0 Å². The molecule has 0 fully saturated rings. The van der Waals surface area contributed by atoms with Gasteiger partial charge in [-0.15, -0.1) is 11.6 Å². The first-order valence-corrected chi connectivity index (χ1v) is 5.31. The predicted molar refractivity (Wildman–Crippen MR) is 59.6 cm³/mol. The van der Waals surface area contributed by atoms with E-state index in [-0.39, 0.29) is 0 Å². The van der Waals surface area contributed by atoms with Crippen molar-refractivity contribution in [3.63, 3.8) is 0 Å². The lowest BCUT2D eigenvalue weighted by Crippen LogP contribution is -2.09. The maximum Gasteiger partial charge on any atom is 0.0682 e. The van der Waals surface area contributed by atoms with Crippen molar-refractivity contribution in [2.75, 3.05) is 5.88 Å². The smallest absolute Gasteiger partial charge is 0.0682 e. The van der Waals surface area contributed by atoms with E-state index in [0.717, 1.165) is 6.54 Å².